The van der Waals surface area contributed by atoms with E-state index in [0.29, 0.717) is 17.3 Å². The zero-order chi connectivity index (χ0) is 14.0. The maximum atomic E-state index is 11.3. The van der Waals surface area contributed by atoms with Gasteiger partial charge in [0.1, 0.15) is 5.56 Å². The molecule has 1 aromatic heterocycles. The molecule has 1 fully saturated rings. The number of aromatic nitrogens is 1. The second kappa shape index (κ2) is 5.57. The van der Waals surface area contributed by atoms with Gasteiger partial charge in [-0.15, -0.1) is 0 Å². The Morgan fingerprint density at radius 2 is 2.32 bits per heavy atom. The van der Waals surface area contributed by atoms with Gasteiger partial charge in [-0.25, -0.2) is 4.79 Å². The van der Waals surface area contributed by atoms with Crippen LogP contribution < -0.4 is 5.32 Å². The van der Waals surface area contributed by atoms with Crippen molar-refractivity contribution in [3.63, 3.8) is 0 Å². The van der Waals surface area contributed by atoms with Gasteiger partial charge in [-0.2, -0.15) is 0 Å². The van der Waals surface area contributed by atoms with E-state index >= 15 is 0 Å². The van der Waals surface area contributed by atoms with Crippen molar-refractivity contribution in [2.45, 2.75) is 20.3 Å². The smallest absolute Gasteiger partial charge is 0.339 e. The average Bonchev–Trinajstić information content (AvgIpc) is 2.71. The lowest BCUT2D eigenvalue weighted by Crippen LogP contribution is -2.20. The number of nitrogens with one attached hydrogen (secondary N) is 1. The quantitative estimate of drug-likeness (QED) is 0.866. The van der Waals surface area contributed by atoms with Gasteiger partial charge in [0.2, 0.25) is 0 Å². The van der Waals surface area contributed by atoms with Gasteiger partial charge < -0.3 is 15.3 Å². The fourth-order valence-corrected chi connectivity index (χ4v) is 2.69. The molecule has 5 nitrogen and oxygen atoms in total. The van der Waals surface area contributed by atoms with E-state index in [-0.39, 0.29) is 5.56 Å². The molecule has 0 aliphatic carbocycles. The standard InChI is InChI=1S/C14H21N3O2/c1-9-6-12(13(14(18)19)10(2)16-9)15-7-11-4-5-17(3)8-11/h6,11H,4-5,7-8H2,1-3H3,(H,15,16)(H,18,19). The summed E-state index contributed by atoms with van der Waals surface area (Å²) in [7, 11) is 2.11. The first kappa shape index (κ1) is 13.8. The van der Waals surface area contributed by atoms with Crippen LogP contribution in [-0.2, 0) is 0 Å². The summed E-state index contributed by atoms with van der Waals surface area (Å²) in [6, 6.07) is 1.81. The Kier molecular flexibility index (Phi) is 4.04. The minimum Gasteiger partial charge on any atom is -0.478 e. The number of carbonyl (C=O) groups is 1. The Hall–Kier alpha value is -1.62. The van der Waals surface area contributed by atoms with Crippen molar-refractivity contribution >= 4 is 11.7 Å². The largest absolute Gasteiger partial charge is 0.478 e. The van der Waals surface area contributed by atoms with Gasteiger partial charge in [0.05, 0.1) is 11.4 Å². The number of carboxylic acids is 1. The number of aromatic carboxylic acids is 1. The van der Waals surface area contributed by atoms with Crippen LogP contribution in [0.2, 0.25) is 0 Å². The summed E-state index contributed by atoms with van der Waals surface area (Å²) in [5, 5.41) is 12.6. The lowest BCUT2D eigenvalue weighted by Gasteiger charge is -2.15. The molecule has 0 radical (unpaired) electrons. The zero-order valence-corrected chi connectivity index (χ0v) is 11.7. The van der Waals surface area contributed by atoms with Crippen molar-refractivity contribution < 1.29 is 9.90 Å². The van der Waals surface area contributed by atoms with E-state index in [2.05, 4.69) is 22.2 Å². The maximum Gasteiger partial charge on any atom is 0.339 e. The number of likely N-dealkylation sites (tertiary alicyclic amines) is 1. The van der Waals surface area contributed by atoms with Gasteiger partial charge in [-0.1, -0.05) is 0 Å². The van der Waals surface area contributed by atoms with E-state index < -0.39 is 5.97 Å². The number of aryl methyl sites for hydroxylation is 2. The molecular formula is C14H21N3O2. The Balaban J connectivity index is 2.12. The summed E-state index contributed by atoms with van der Waals surface area (Å²) < 4.78 is 0. The SMILES string of the molecule is Cc1cc(NCC2CCN(C)C2)c(C(=O)O)c(C)n1. The molecule has 1 atom stereocenters. The van der Waals surface area contributed by atoms with Crippen LogP contribution in [0.3, 0.4) is 0 Å². The minimum absolute atomic E-state index is 0.289. The molecule has 19 heavy (non-hydrogen) atoms. The summed E-state index contributed by atoms with van der Waals surface area (Å²) in [4.78, 5) is 17.8. The predicted octanol–water partition coefficient (Wildman–Crippen LogP) is 1.76. The second-order valence-electron chi connectivity index (χ2n) is 5.37. The molecule has 1 unspecified atom stereocenters. The number of nitrogens with zero attached hydrogens (tertiary/aromatic N) is 2. The van der Waals surface area contributed by atoms with E-state index in [9.17, 15) is 9.90 Å². The lowest BCUT2D eigenvalue weighted by atomic mass is 10.1. The number of anilines is 1. The highest BCUT2D eigenvalue weighted by atomic mass is 16.4. The first-order valence-corrected chi connectivity index (χ1v) is 6.61. The van der Waals surface area contributed by atoms with Crippen molar-refractivity contribution in [3.8, 4) is 0 Å². The first-order chi connectivity index (χ1) is 8.97. The Morgan fingerprint density at radius 3 is 2.89 bits per heavy atom. The van der Waals surface area contributed by atoms with Crippen LogP contribution in [0.25, 0.3) is 0 Å². The number of rotatable bonds is 4. The first-order valence-electron chi connectivity index (χ1n) is 6.61. The van der Waals surface area contributed by atoms with Crippen molar-refractivity contribution in [2.75, 3.05) is 32.0 Å². The molecule has 0 bridgehead atoms. The molecule has 1 aliphatic heterocycles. The summed E-state index contributed by atoms with van der Waals surface area (Å²) in [5.74, 6) is -0.337. The molecule has 0 saturated carbocycles. The highest BCUT2D eigenvalue weighted by molar-refractivity contribution is 5.95. The third-order valence-electron chi connectivity index (χ3n) is 3.61. The Morgan fingerprint density at radius 1 is 1.58 bits per heavy atom. The predicted molar refractivity (Wildman–Crippen MR) is 74.8 cm³/mol. The van der Waals surface area contributed by atoms with Crippen LogP contribution in [0.4, 0.5) is 5.69 Å². The topological polar surface area (TPSA) is 65.5 Å². The van der Waals surface area contributed by atoms with Gasteiger partial charge in [-0.3, -0.25) is 4.98 Å². The third-order valence-corrected chi connectivity index (χ3v) is 3.61. The lowest BCUT2D eigenvalue weighted by molar-refractivity contribution is 0.0696. The molecule has 104 valence electrons. The third kappa shape index (κ3) is 3.23. The molecule has 1 saturated heterocycles. The average molecular weight is 263 g/mol. The maximum absolute atomic E-state index is 11.3. The summed E-state index contributed by atoms with van der Waals surface area (Å²) in [6.07, 6.45) is 1.16. The molecule has 2 rings (SSSR count). The van der Waals surface area contributed by atoms with E-state index in [4.69, 9.17) is 0 Å². The van der Waals surface area contributed by atoms with Gasteiger partial charge in [0, 0.05) is 18.8 Å². The number of carboxylic acid groups (broad SMARTS) is 1. The Bertz CT molecular complexity index is 488. The van der Waals surface area contributed by atoms with Gasteiger partial charge >= 0.3 is 5.97 Å². The monoisotopic (exact) mass is 263 g/mol. The molecule has 1 aliphatic rings. The summed E-state index contributed by atoms with van der Waals surface area (Å²) in [5.41, 5.74) is 2.39. The van der Waals surface area contributed by atoms with Crippen LogP contribution in [0.5, 0.6) is 0 Å². The van der Waals surface area contributed by atoms with E-state index in [1.54, 1.807) is 6.92 Å². The van der Waals surface area contributed by atoms with Crippen LogP contribution in [-0.4, -0.2) is 47.6 Å². The molecular weight excluding hydrogens is 242 g/mol. The summed E-state index contributed by atoms with van der Waals surface area (Å²) in [6.45, 7) is 6.62. The van der Waals surface area contributed by atoms with E-state index in [1.807, 2.05) is 13.0 Å². The van der Waals surface area contributed by atoms with Crippen molar-refractivity contribution in [1.29, 1.82) is 0 Å². The number of pyridine rings is 1. The number of hydrogen-bond donors (Lipinski definition) is 2. The Labute approximate surface area is 113 Å². The van der Waals surface area contributed by atoms with Gasteiger partial charge in [0.15, 0.2) is 0 Å². The van der Waals surface area contributed by atoms with Crippen molar-refractivity contribution in [1.82, 2.24) is 9.88 Å². The van der Waals surface area contributed by atoms with Crippen LogP contribution in [0.1, 0.15) is 28.2 Å². The molecule has 0 spiro atoms. The minimum atomic E-state index is -0.920. The van der Waals surface area contributed by atoms with Crippen LogP contribution >= 0.6 is 0 Å². The fourth-order valence-electron chi connectivity index (χ4n) is 2.69. The fraction of sp³-hybridized carbons (Fsp3) is 0.571. The van der Waals surface area contributed by atoms with E-state index in [1.165, 1.54) is 0 Å². The van der Waals surface area contributed by atoms with Gasteiger partial charge in [-0.05, 0) is 45.8 Å². The summed E-state index contributed by atoms with van der Waals surface area (Å²) >= 11 is 0. The second-order valence-corrected chi connectivity index (χ2v) is 5.37. The van der Waals surface area contributed by atoms with Crippen molar-refractivity contribution in [2.24, 2.45) is 5.92 Å². The zero-order valence-electron chi connectivity index (χ0n) is 11.7. The highest BCUT2D eigenvalue weighted by Gasteiger charge is 2.21. The van der Waals surface area contributed by atoms with Gasteiger partial charge in [0.25, 0.3) is 0 Å². The number of hydrogen-bond acceptors (Lipinski definition) is 4. The molecule has 0 aromatic carbocycles. The van der Waals surface area contributed by atoms with Crippen LogP contribution in [0, 0.1) is 19.8 Å². The van der Waals surface area contributed by atoms with Crippen molar-refractivity contribution in [3.05, 3.63) is 23.0 Å². The highest BCUT2D eigenvalue weighted by Crippen LogP contribution is 2.21. The van der Waals surface area contributed by atoms with Crippen LogP contribution in [0.15, 0.2) is 6.07 Å². The molecule has 1 aromatic rings. The molecule has 0 amide bonds. The molecule has 2 N–H and O–H groups in total. The molecule has 2 heterocycles. The molecule has 5 heteroatoms. The van der Waals surface area contributed by atoms with E-state index in [0.717, 1.165) is 31.7 Å². The normalized spacial score (nSPS) is 19.6.